The van der Waals surface area contributed by atoms with Crippen LogP contribution in [0.2, 0.25) is 0 Å². The van der Waals surface area contributed by atoms with Gasteiger partial charge in [-0.3, -0.25) is 9.69 Å². The molecule has 2 aromatic carbocycles. The summed E-state index contributed by atoms with van der Waals surface area (Å²) in [5.74, 6) is -1.11. The van der Waals surface area contributed by atoms with Gasteiger partial charge in [0.05, 0.1) is 13.0 Å². The summed E-state index contributed by atoms with van der Waals surface area (Å²) in [4.78, 5) is 45.6. The number of imide groups is 1. The fourth-order valence-corrected chi connectivity index (χ4v) is 4.20. The number of carbonyl (C=O) groups excluding carboxylic acids is 2. The highest BCUT2D eigenvalue weighted by Crippen LogP contribution is 2.29. The van der Waals surface area contributed by atoms with Crippen LogP contribution in [0.5, 0.6) is 11.5 Å². The number of fused-ring (bicyclic) bond motifs is 2. The molecule has 4 rings (SSSR count). The summed E-state index contributed by atoms with van der Waals surface area (Å²) in [7, 11) is 1.59. The number of aliphatic carboxylic acids is 2. The average molecular weight is 526 g/mol. The lowest BCUT2D eigenvalue weighted by atomic mass is 9.85. The van der Waals surface area contributed by atoms with Crippen molar-refractivity contribution < 1.29 is 38.9 Å². The van der Waals surface area contributed by atoms with E-state index in [2.05, 4.69) is 10.6 Å². The summed E-state index contributed by atoms with van der Waals surface area (Å²) in [6.45, 7) is 2.74. The molecule has 202 valence electrons. The van der Waals surface area contributed by atoms with Crippen LogP contribution in [0.3, 0.4) is 0 Å². The average Bonchev–Trinajstić information content (AvgIpc) is 2.92. The molecule has 4 N–H and O–H groups in total. The number of rotatable bonds is 8. The van der Waals surface area contributed by atoms with Gasteiger partial charge in [-0.05, 0) is 42.1 Å². The first-order valence-corrected chi connectivity index (χ1v) is 12.0. The number of methoxy groups -OCH3 is 1. The van der Waals surface area contributed by atoms with E-state index in [4.69, 9.17) is 19.7 Å². The van der Waals surface area contributed by atoms with E-state index in [1.165, 1.54) is 4.90 Å². The number of amides is 3. The maximum atomic E-state index is 12.6. The summed E-state index contributed by atoms with van der Waals surface area (Å²) in [6.07, 6.45) is 1.99. The predicted octanol–water partition coefficient (Wildman–Crippen LogP) is 2.26. The zero-order valence-electron chi connectivity index (χ0n) is 21.0. The molecule has 0 aromatic heterocycles. The van der Waals surface area contributed by atoms with Crippen molar-refractivity contribution in [2.75, 3.05) is 26.7 Å². The Balaban J connectivity index is 0.000000436. The lowest BCUT2D eigenvalue weighted by Gasteiger charge is -2.39. The summed E-state index contributed by atoms with van der Waals surface area (Å²) in [6, 6.07) is 15.2. The molecule has 2 saturated heterocycles. The van der Waals surface area contributed by atoms with Gasteiger partial charge in [-0.25, -0.2) is 14.4 Å². The van der Waals surface area contributed by atoms with Crippen molar-refractivity contribution in [2.45, 2.75) is 19.6 Å². The molecule has 2 bridgehead atoms. The van der Waals surface area contributed by atoms with Gasteiger partial charge in [-0.2, -0.15) is 0 Å². The van der Waals surface area contributed by atoms with Crippen LogP contribution in [-0.4, -0.2) is 65.7 Å². The molecule has 0 saturated carbocycles. The molecule has 2 aliphatic rings. The van der Waals surface area contributed by atoms with Crippen molar-refractivity contribution in [3.8, 4) is 11.5 Å². The van der Waals surface area contributed by atoms with Gasteiger partial charge < -0.3 is 30.3 Å². The molecule has 0 aliphatic carbocycles. The second kappa shape index (κ2) is 13.8. The maximum Gasteiger partial charge on any atom is 0.328 e. The minimum Gasteiger partial charge on any atom is -0.493 e. The minimum atomic E-state index is -1.26. The number of ether oxygens (including phenoxy) is 2. The van der Waals surface area contributed by atoms with Gasteiger partial charge in [0.15, 0.2) is 11.5 Å². The number of urea groups is 1. The Hall–Kier alpha value is -4.38. The minimum absolute atomic E-state index is 0.0850. The molecule has 0 spiro atoms. The van der Waals surface area contributed by atoms with Crippen molar-refractivity contribution >= 4 is 23.9 Å². The summed E-state index contributed by atoms with van der Waals surface area (Å²) in [5, 5.41) is 21.8. The first-order chi connectivity index (χ1) is 18.3. The third kappa shape index (κ3) is 8.34. The van der Waals surface area contributed by atoms with Crippen LogP contribution in [0.15, 0.2) is 60.7 Å². The molecule has 3 amide bonds. The Morgan fingerprint density at radius 3 is 2.39 bits per heavy atom. The molecule has 11 nitrogen and oxygen atoms in total. The number of carboxylic acid groups (broad SMARTS) is 2. The molecule has 2 fully saturated rings. The van der Waals surface area contributed by atoms with Crippen LogP contribution >= 0.6 is 0 Å². The van der Waals surface area contributed by atoms with Gasteiger partial charge >= 0.3 is 18.0 Å². The van der Waals surface area contributed by atoms with Crippen molar-refractivity contribution in [2.24, 2.45) is 11.8 Å². The largest absolute Gasteiger partial charge is 0.493 e. The number of hydrogen-bond acceptors (Lipinski definition) is 7. The second-order valence-corrected chi connectivity index (χ2v) is 8.83. The van der Waals surface area contributed by atoms with E-state index in [9.17, 15) is 19.2 Å². The fraction of sp³-hybridized carbons (Fsp3) is 0.333. The second-order valence-electron chi connectivity index (χ2n) is 8.83. The number of piperidine rings is 2. The smallest absolute Gasteiger partial charge is 0.328 e. The number of likely N-dealkylation sites (tertiary alicyclic amines) is 1. The van der Waals surface area contributed by atoms with E-state index in [1.807, 2.05) is 48.5 Å². The van der Waals surface area contributed by atoms with E-state index < -0.39 is 11.9 Å². The van der Waals surface area contributed by atoms with Gasteiger partial charge in [0, 0.05) is 31.8 Å². The fourth-order valence-electron chi connectivity index (χ4n) is 4.20. The van der Waals surface area contributed by atoms with Crippen molar-refractivity contribution in [1.82, 2.24) is 15.5 Å². The molecular formula is C27H31N3O8. The molecule has 38 heavy (non-hydrogen) atoms. The van der Waals surface area contributed by atoms with Gasteiger partial charge in [0.1, 0.15) is 6.61 Å². The molecule has 2 aliphatic heterocycles. The lowest BCUT2D eigenvalue weighted by molar-refractivity contribution is -0.137. The van der Waals surface area contributed by atoms with Crippen LogP contribution in [0.25, 0.3) is 0 Å². The van der Waals surface area contributed by atoms with Crippen LogP contribution in [0.4, 0.5) is 4.79 Å². The van der Waals surface area contributed by atoms with Crippen molar-refractivity contribution in [3.05, 3.63) is 71.8 Å². The molecule has 2 atom stereocenters. The molecular weight excluding hydrogens is 494 g/mol. The number of carbonyl (C=O) groups is 4. The molecule has 2 unspecified atom stereocenters. The topological polar surface area (TPSA) is 154 Å². The molecule has 2 aromatic rings. The highest BCUT2D eigenvalue weighted by molar-refractivity contribution is 5.96. The first kappa shape index (κ1) is 28.2. The third-order valence-corrected chi connectivity index (χ3v) is 6.02. The maximum absolute atomic E-state index is 12.6. The van der Waals surface area contributed by atoms with E-state index >= 15 is 0 Å². The van der Waals surface area contributed by atoms with Crippen molar-refractivity contribution in [1.29, 1.82) is 0 Å². The van der Waals surface area contributed by atoms with Gasteiger partial charge in [-0.15, -0.1) is 0 Å². The Kier molecular flexibility index (Phi) is 10.2. The van der Waals surface area contributed by atoms with Crippen LogP contribution in [-0.2, 0) is 27.5 Å². The first-order valence-electron chi connectivity index (χ1n) is 12.0. The Labute approximate surface area is 220 Å². The van der Waals surface area contributed by atoms with Crippen molar-refractivity contribution in [3.63, 3.8) is 0 Å². The third-order valence-electron chi connectivity index (χ3n) is 6.02. The molecule has 2 heterocycles. The van der Waals surface area contributed by atoms with Gasteiger partial charge in [0.2, 0.25) is 5.91 Å². The standard InChI is InChI=1S/C23H27N3O4.C4H4O4/c1-29-21-10-17(7-8-20(21)30-15-16-5-3-2-4-6-16)12-25-23(28)26-14-18-9-19(22(26)27)13-24-11-18;5-3(6)1-2-4(7)8/h2-8,10,18-19,24H,9,11-15H2,1H3,(H,25,28);1-2H,(H,5,6)(H,7,8)/b;2-1+. The number of hydrogen-bond donors (Lipinski definition) is 4. The summed E-state index contributed by atoms with van der Waals surface area (Å²) >= 11 is 0. The van der Waals surface area contributed by atoms with Crippen LogP contribution < -0.4 is 20.1 Å². The van der Waals surface area contributed by atoms with Gasteiger partial charge in [0.25, 0.3) is 0 Å². The normalized spacial score (nSPS) is 18.2. The Morgan fingerprint density at radius 2 is 1.74 bits per heavy atom. The number of nitrogens with zero attached hydrogens (tertiary/aromatic N) is 1. The number of nitrogens with one attached hydrogen (secondary N) is 2. The molecule has 0 radical (unpaired) electrons. The Bertz CT molecular complexity index is 1150. The number of benzene rings is 2. The Morgan fingerprint density at radius 1 is 1.03 bits per heavy atom. The van der Waals surface area contributed by atoms with Crippen LogP contribution in [0, 0.1) is 11.8 Å². The van der Waals surface area contributed by atoms with Gasteiger partial charge in [-0.1, -0.05) is 36.4 Å². The predicted molar refractivity (Wildman–Crippen MR) is 137 cm³/mol. The highest BCUT2D eigenvalue weighted by atomic mass is 16.5. The molecule has 11 heteroatoms. The van der Waals surface area contributed by atoms with E-state index in [0.717, 1.165) is 24.1 Å². The quantitative estimate of drug-likeness (QED) is 0.380. The van der Waals surface area contributed by atoms with E-state index in [-0.39, 0.29) is 17.9 Å². The van der Waals surface area contributed by atoms with E-state index in [1.54, 1.807) is 7.11 Å². The lowest BCUT2D eigenvalue weighted by Crippen LogP contribution is -2.58. The van der Waals surface area contributed by atoms with Crippen LogP contribution in [0.1, 0.15) is 17.5 Å². The zero-order chi connectivity index (χ0) is 27.5. The number of carboxylic acids is 2. The summed E-state index contributed by atoms with van der Waals surface area (Å²) in [5.41, 5.74) is 1.95. The summed E-state index contributed by atoms with van der Waals surface area (Å²) < 4.78 is 11.3. The highest BCUT2D eigenvalue weighted by Gasteiger charge is 2.39. The zero-order valence-corrected chi connectivity index (χ0v) is 21.0. The monoisotopic (exact) mass is 525 g/mol. The SMILES string of the molecule is COc1cc(CNC(=O)N2CC3CNCC(C3)C2=O)ccc1OCc1ccccc1.O=C(O)/C=C/C(=O)O. The van der Waals surface area contributed by atoms with E-state index in [0.29, 0.717) is 55.8 Å².